The smallest absolute Gasteiger partial charge is 0.396 e. The highest BCUT2D eigenvalue weighted by atomic mass is 19.4. The summed E-state index contributed by atoms with van der Waals surface area (Å²) < 4.78 is 39.4. The van der Waals surface area contributed by atoms with Crippen molar-refractivity contribution in [3.05, 3.63) is 42.1 Å². The number of amides is 2. The van der Waals surface area contributed by atoms with Crippen molar-refractivity contribution in [2.24, 2.45) is 0 Å². The number of anilines is 1. The molecule has 0 fully saturated rings. The van der Waals surface area contributed by atoms with E-state index in [0.717, 1.165) is 12.1 Å². The highest BCUT2D eigenvalue weighted by Gasteiger charge is 2.30. The van der Waals surface area contributed by atoms with Crippen LogP contribution in [0.25, 0.3) is 5.69 Å². The number of nitrogens with one attached hydrogen (secondary N) is 2. The van der Waals surface area contributed by atoms with Gasteiger partial charge >= 0.3 is 12.2 Å². The summed E-state index contributed by atoms with van der Waals surface area (Å²) in [5, 5.41) is 17.9. The number of alkyl halides is 3. The predicted molar refractivity (Wildman–Crippen MR) is 81.9 cm³/mol. The highest BCUT2D eigenvalue weighted by Crippen LogP contribution is 2.30. The van der Waals surface area contributed by atoms with Crippen LogP contribution < -0.4 is 10.6 Å². The van der Waals surface area contributed by atoms with Crippen LogP contribution in [-0.2, 0) is 6.18 Å². The Morgan fingerprint density at radius 3 is 2.79 bits per heavy atom. The number of nitrogens with zero attached hydrogens (tertiary/aromatic N) is 2. The molecule has 0 radical (unpaired) electrons. The normalized spacial score (nSPS) is 12.7. The molecule has 24 heavy (non-hydrogen) atoms. The van der Waals surface area contributed by atoms with Gasteiger partial charge in [0.2, 0.25) is 0 Å². The van der Waals surface area contributed by atoms with Crippen molar-refractivity contribution < 1.29 is 23.1 Å². The van der Waals surface area contributed by atoms with Crippen LogP contribution in [0.1, 0.15) is 18.9 Å². The van der Waals surface area contributed by atoms with Crippen LogP contribution in [0.3, 0.4) is 0 Å². The average Bonchev–Trinajstić information content (AvgIpc) is 2.95. The zero-order valence-electron chi connectivity index (χ0n) is 12.8. The highest BCUT2D eigenvalue weighted by molar-refractivity contribution is 5.88. The maximum Gasteiger partial charge on any atom is 0.416 e. The standard InChI is InChI=1S/C15H17F3N4O2/c1-10(6-8-23)19-14(24)20-13-5-7-22(21-13)12-4-2-3-11(9-12)15(16,17)18/h2-5,7,9-10,23H,6,8H2,1H3,(H2,19,20,21,24)/t10-/m0/s1. The molecule has 3 N–H and O–H groups in total. The maximum absolute atomic E-state index is 12.7. The quantitative estimate of drug-likeness (QED) is 0.782. The second kappa shape index (κ2) is 7.35. The number of aliphatic hydroxyl groups excluding tert-OH is 1. The number of hydrogen-bond acceptors (Lipinski definition) is 3. The average molecular weight is 342 g/mol. The summed E-state index contributed by atoms with van der Waals surface area (Å²) in [6, 6.07) is 5.45. The Balaban J connectivity index is 2.07. The molecule has 2 rings (SSSR count). The molecule has 0 unspecified atom stereocenters. The summed E-state index contributed by atoms with van der Waals surface area (Å²) in [5.41, 5.74) is -0.549. The zero-order valence-corrected chi connectivity index (χ0v) is 12.8. The molecule has 0 spiro atoms. The third kappa shape index (κ3) is 4.72. The molecule has 0 aliphatic heterocycles. The largest absolute Gasteiger partial charge is 0.416 e. The topological polar surface area (TPSA) is 79.2 Å². The molecule has 0 saturated carbocycles. The van der Waals surface area contributed by atoms with E-state index in [2.05, 4.69) is 15.7 Å². The molecule has 2 amide bonds. The first-order valence-electron chi connectivity index (χ1n) is 7.21. The van der Waals surface area contributed by atoms with Crippen molar-refractivity contribution in [1.82, 2.24) is 15.1 Å². The Labute approximate surface area is 136 Å². The number of aromatic nitrogens is 2. The van der Waals surface area contributed by atoms with Gasteiger partial charge in [-0.05, 0) is 31.5 Å². The van der Waals surface area contributed by atoms with E-state index in [-0.39, 0.29) is 24.2 Å². The maximum atomic E-state index is 12.7. The summed E-state index contributed by atoms with van der Waals surface area (Å²) in [6.45, 7) is 1.68. The van der Waals surface area contributed by atoms with Gasteiger partial charge in [-0.1, -0.05) is 6.07 Å². The molecular weight excluding hydrogens is 325 g/mol. The van der Waals surface area contributed by atoms with Crippen LogP contribution in [0.2, 0.25) is 0 Å². The van der Waals surface area contributed by atoms with E-state index in [1.807, 2.05) is 0 Å². The van der Waals surface area contributed by atoms with E-state index in [0.29, 0.717) is 6.42 Å². The van der Waals surface area contributed by atoms with Crippen molar-refractivity contribution in [3.63, 3.8) is 0 Å². The number of carbonyl (C=O) groups excluding carboxylic acids is 1. The molecule has 0 aliphatic rings. The number of hydrogen-bond donors (Lipinski definition) is 3. The van der Waals surface area contributed by atoms with Gasteiger partial charge in [0.1, 0.15) is 0 Å². The van der Waals surface area contributed by atoms with Gasteiger partial charge in [0.05, 0.1) is 11.3 Å². The monoisotopic (exact) mass is 342 g/mol. The van der Waals surface area contributed by atoms with Crippen molar-refractivity contribution >= 4 is 11.8 Å². The molecule has 6 nitrogen and oxygen atoms in total. The third-order valence-electron chi connectivity index (χ3n) is 3.21. The Bertz CT molecular complexity index is 700. The van der Waals surface area contributed by atoms with Crippen LogP contribution in [0.4, 0.5) is 23.8 Å². The second-order valence-electron chi connectivity index (χ2n) is 5.21. The van der Waals surface area contributed by atoms with Gasteiger partial charge in [0, 0.05) is 24.9 Å². The number of urea groups is 1. The Morgan fingerprint density at radius 1 is 1.38 bits per heavy atom. The molecule has 1 aromatic heterocycles. The van der Waals surface area contributed by atoms with Crippen molar-refractivity contribution in [2.45, 2.75) is 25.6 Å². The SMILES string of the molecule is C[C@@H](CCO)NC(=O)Nc1ccn(-c2cccc(C(F)(F)F)c2)n1. The molecule has 0 bridgehead atoms. The lowest BCUT2D eigenvalue weighted by molar-refractivity contribution is -0.137. The Hall–Kier alpha value is -2.55. The number of halogens is 3. The van der Waals surface area contributed by atoms with Gasteiger partial charge in [-0.3, -0.25) is 5.32 Å². The summed E-state index contributed by atoms with van der Waals surface area (Å²) in [7, 11) is 0. The first-order valence-corrected chi connectivity index (χ1v) is 7.21. The summed E-state index contributed by atoms with van der Waals surface area (Å²) in [6.07, 6.45) is -2.58. The van der Waals surface area contributed by atoms with Crippen molar-refractivity contribution in [2.75, 3.05) is 11.9 Å². The summed E-state index contributed by atoms with van der Waals surface area (Å²) in [5.74, 6) is 0.195. The van der Waals surface area contributed by atoms with Gasteiger partial charge in [-0.2, -0.15) is 13.2 Å². The van der Waals surface area contributed by atoms with Gasteiger partial charge in [-0.25, -0.2) is 9.48 Å². The van der Waals surface area contributed by atoms with E-state index >= 15 is 0 Å². The lowest BCUT2D eigenvalue weighted by Gasteiger charge is -2.12. The number of carbonyl (C=O) groups is 1. The molecule has 0 aliphatic carbocycles. The van der Waals surface area contributed by atoms with Crippen LogP contribution >= 0.6 is 0 Å². The first-order chi connectivity index (χ1) is 11.3. The predicted octanol–water partition coefficient (Wildman–Crippen LogP) is 2.78. The lowest BCUT2D eigenvalue weighted by Crippen LogP contribution is -2.36. The van der Waals surface area contributed by atoms with Gasteiger partial charge < -0.3 is 10.4 Å². The van der Waals surface area contributed by atoms with E-state index < -0.39 is 17.8 Å². The fourth-order valence-corrected chi connectivity index (χ4v) is 2.00. The number of rotatable bonds is 5. The Kier molecular flexibility index (Phi) is 5.45. The van der Waals surface area contributed by atoms with E-state index in [1.165, 1.54) is 29.1 Å². The van der Waals surface area contributed by atoms with Crippen LogP contribution in [0.5, 0.6) is 0 Å². The third-order valence-corrected chi connectivity index (χ3v) is 3.21. The molecule has 1 heterocycles. The number of benzene rings is 1. The van der Waals surface area contributed by atoms with Crippen molar-refractivity contribution in [1.29, 1.82) is 0 Å². The molecule has 2 aromatic rings. The van der Waals surface area contributed by atoms with Crippen molar-refractivity contribution in [3.8, 4) is 5.69 Å². The van der Waals surface area contributed by atoms with Crippen LogP contribution in [0.15, 0.2) is 36.5 Å². The van der Waals surface area contributed by atoms with E-state index in [1.54, 1.807) is 6.92 Å². The fourth-order valence-electron chi connectivity index (χ4n) is 2.00. The zero-order chi connectivity index (χ0) is 17.7. The van der Waals surface area contributed by atoms with Crippen LogP contribution in [0, 0.1) is 0 Å². The van der Waals surface area contributed by atoms with Gasteiger partial charge in [-0.15, -0.1) is 5.10 Å². The molecule has 0 saturated heterocycles. The minimum Gasteiger partial charge on any atom is -0.396 e. The first kappa shape index (κ1) is 17.8. The summed E-state index contributed by atoms with van der Waals surface area (Å²) in [4.78, 5) is 11.7. The molecular formula is C15H17F3N4O2. The Morgan fingerprint density at radius 2 is 2.12 bits per heavy atom. The van der Waals surface area contributed by atoms with Crippen LogP contribution in [-0.4, -0.2) is 33.6 Å². The molecule has 1 atom stereocenters. The van der Waals surface area contributed by atoms with E-state index in [9.17, 15) is 18.0 Å². The molecule has 1 aromatic carbocycles. The number of aliphatic hydroxyl groups is 1. The molecule has 130 valence electrons. The lowest BCUT2D eigenvalue weighted by atomic mass is 10.2. The molecule has 9 heteroatoms. The summed E-state index contributed by atoms with van der Waals surface area (Å²) >= 11 is 0. The second-order valence-corrected chi connectivity index (χ2v) is 5.21. The minimum absolute atomic E-state index is 0.0500. The van der Waals surface area contributed by atoms with Gasteiger partial charge in [0.25, 0.3) is 0 Å². The van der Waals surface area contributed by atoms with Gasteiger partial charge in [0.15, 0.2) is 5.82 Å². The fraction of sp³-hybridized carbons (Fsp3) is 0.333. The van der Waals surface area contributed by atoms with E-state index in [4.69, 9.17) is 5.11 Å². The minimum atomic E-state index is -4.44.